The van der Waals surface area contributed by atoms with Crippen molar-refractivity contribution in [3.05, 3.63) is 38.2 Å². The van der Waals surface area contributed by atoms with Crippen LogP contribution in [0, 0.1) is 20.8 Å². The number of piperidine rings is 1. The van der Waals surface area contributed by atoms with Gasteiger partial charge in [0.15, 0.2) is 0 Å². The molecule has 30 heavy (non-hydrogen) atoms. The predicted octanol–water partition coefficient (Wildman–Crippen LogP) is 3.86. The molecule has 1 amide bonds. The van der Waals surface area contributed by atoms with E-state index in [4.69, 9.17) is 9.72 Å². The number of carbonyl (C=O) groups excluding carboxylic acids is 2. The van der Waals surface area contributed by atoms with E-state index in [2.05, 4.69) is 15.2 Å². The summed E-state index contributed by atoms with van der Waals surface area (Å²) in [6, 6.07) is 3.99. The molecule has 1 saturated heterocycles. The van der Waals surface area contributed by atoms with Gasteiger partial charge in [-0.1, -0.05) is 0 Å². The highest BCUT2D eigenvalue weighted by atomic mass is 32.1. The number of aryl methyl sites for hydroxylation is 3. The molecule has 3 aromatic heterocycles. The molecule has 3 aromatic rings. The van der Waals surface area contributed by atoms with E-state index in [1.54, 1.807) is 0 Å². The van der Waals surface area contributed by atoms with Gasteiger partial charge in [0, 0.05) is 24.0 Å². The number of carbonyl (C=O) groups is 2. The SMILES string of the molecule is COC(=O)c1sc2nc(C)nc(N3CCC(NC(=O)c4ccc(C)s4)CC3)c2c1C. The average molecular weight is 445 g/mol. The Bertz CT molecular complexity index is 1110. The van der Waals surface area contributed by atoms with Crippen molar-refractivity contribution in [2.45, 2.75) is 39.7 Å². The third-order valence-corrected chi connectivity index (χ3v) is 7.51. The molecule has 0 spiro atoms. The van der Waals surface area contributed by atoms with Gasteiger partial charge in [-0.2, -0.15) is 0 Å². The third kappa shape index (κ3) is 3.91. The maximum atomic E-state index is 12.5. The van der Waals surface area contributed by atoms with Crippen LogP contribution < -0.4 is 10.2 Å². The zero-order chi connectivity index (χ0) is 21.4. The van der Waals surface area contributed by atoms with Crippen molar-refractivity contribution < 1.29 is 14.3 Å². The molecule has 0 aliphatic carbocycles. The molecule has 0 saturated carbocycles. The van der Waals surface area contributed by atoms with Gasteiger partial charge in [0.05, 0.1) is 17.4 Å². The van der Waals surface area contributed by atoms with Crippen molar-refractivity contribution >= 4 is 50.6 Å². The summed E-state index contributed by atoms with van der Waals surface area (Å²) in [7, 11) is 1.39. The van der Waals surface area contributed by atoms with Gasteiger partial charge in [0.2, 0.25) is 0 Å². The van der Waals surface area contributed by atoms with Crippen LogP contribution >= 0.6 is 22.7 Å². The normalized spacial score (nSPS) is 14.9. The first-order chi connectivity index (χ1) is 14.4. The second-order valence-electron chi connectivity index (χ2n) is 7.47. The topological polar surface area (TPSA) is 84.4 Å². The lowest BCUT2D eigenvalue weighted by atomic mass is 10.0. The number of hydrogen-bond donors (Lipinski definition) is 1. The van der Waals surface area contributed by atoms with E-state index in [0.29, 0.717) is 10.7 Å². The molecule has 1 fully saturated rings. The molecular weight excluding hydrogens is 420 g/mol. The second-order valence-corrected chi connectivity index (χ2v) is 9.75. The predicted molar refractivity (Wildman–Crippen MR) is 120 cm³/mol. The Morgan fingerprint density at radius 1 is 1.13 bits per heavy atom. The van der Waals surface area contributed by atoms with Crippen LogP contribution in [0.1, 0.15) is 48.5 Å². The molecule has 0 bridgehead atoms. The molecule has 158 valence electrons. The molecule has 7 nitrogen and oxygen atoms in total. The van der Waals surface area contributed by atoms with Crippen LogP contribution in [-0.2, 0) is 4.74 Å². The third-order valence-electron chi connectivity index (χ3n) is 5.35. The summed E-state index contributed by atoms with van der Waals surface area (Å²) >= 11 is 2.87. The maximum Gasteiger partial charge on any atom is 0.348 e. The van der Waals surface area contributed by atoms with Crippen molar-refractivity contribution in [3.8, 4) is 0 Å². The number of aromatic nitrogens is 2. The van der Waals surface area contributed by atoms with E-state index < -0.39 is 0 Å². The van der Waals surface area contributed by atoms with Gasteiger partial charge in [0.1, 0.15) is 21.3 Å². The van der Waals surface area contributed by atoms with Crippen LogP contribution in [0.3, 0.4) is 0 Å². The van der Waals surface area contributed by atoms with Gasteiger partial charge in [-0.3, -0.25) is 4.79 Å². The number of esters is 1. The fourth-order valence-corrected chi connectivity index (χ4v) is 5.70. The fourth-order valence-electron chi connectivity index (χ4n) is 3.79. The monoisotopic (exact) mass is 444 g/mol. The highest BCUT2D eigenvalue weighted by molar-refractivity contribution is 7.20. The summed E-state index contributed by atoms with van der Waals surface area (Å²) in [6.45, 7) is 7.35. The number of anilines is 1. The van der Waals surface area contributed by atoms with Crippen molar-refractivity contribution in [2.75, 3.05) is 25.1 Å². The summed E-state index contributed by atoms with van der Waals surface area (Å²) in [5.74, 6) is 1.20. The number of ether oxygens (including phenoxy) is 1. The minimum atomic E-state index is -0.343. The van der Waals surface area contributed by atoms with Gasteiger partial charge >= 0.3 is 5.97 Å². The molecule has 0 atom stereocenters. The fraction of sp³-hybridized carbons (Fsp3) is 0.429. The van der Waals surface area contributed by atoms with Crippen molar-refractivity contribution in [1.29, 1.82) is 0 Å². The Labute approximate surface area is 183 Å². The zero-order valence-electron chi connectivity index (χ0n) is 17.4. The molecule has 4 rings (SSSR count). The highest BCUT2D eigenvalue weighted by Crippen LogP contribution is 2.36. The Balaban J connectivity index is 1.52. The van der Waals surface area contributed by atoms with Crippen molar-refractivity contribution in [3.63, 3.8) is 0 Å². The Hall–Kier alpha value is -2.52. The molecule has 9 heteroatoms. The van der Waals surface area contributed by atoms with Gasteiger partial charge < -0.3 is 15.0 Å². The Morgan fingerprint density at radius 2 is 1.87 bits per heavy atom. The molecule has 0 radical (unpaired) electrons. The number of nitrogens with zero attached hydrogens (tertiary/aromatic N) is 3. The van der Waals surface area contributed by atoms with Crippen LogP contribution in [0.4, 0.5) is 5.82 Å². The lowest BCUT2D eigenvalue weighted by Gasteiger charge is -2.33. The number of fused-ring (bicyclic) bond motifs is 1. The average Bonchev–Trinajstić information content (AvgIpc) is 3.31. The molecule has 0 unspecified atom stereocenters. The summed E-state index contributed by atoms with van der Waals surface area (Å²) in [5.41, 5.74) is 0.861. The molecule has 1 aliphatic heterocycles. The Morgan fingerprint density at radius 3 is 2.50 bits per heavy atom. The second kappa shape index (κ2) is 8.31. The minimum absolute atomic E-state index is 0.00298. The first kappa shape index (κ1) is 20.7. The minimum Gasteiger partial charge on any atom is -0.465 e. The largest absolute Gasteiger partial charge is 0.465 e. The highest BCUT2D eigenvalue weighted by Gasteiger charge is 2.27. The number of amides is 1. The lowest BCUT2D eigenvalue weighted by Crippen LogP contribution is -2.45. The van der Waals surface area contributed by atoms with Crippen LogP contribution in [0.25, 0.3) is 10.2 Å². The number of methoxy groups -OCH3 is 1. The summed E-state index contributed by atoms with van der Waals surface area (Å²) in [5, 5.41) is 4.08. The number of rotatable bonds is 4. The zero-order valence-corrected chi connectivity index (χ0v) is 19.1. The van der Waals surface area contributed by atoms with E-state index in [1.807, 2.05) is 32.9 Å². The first-order valence-corrected chi connectivity index (χ1v) is 11.5. The summed E-state index contributed by atoms with van der Waals surface area (Å²) < 4.78 is 4.92. The van der Waals surface area contributed by atoms with E-state index >= 15 is 0 Å². The van der Waals surface area contributed by atoms with E-state index in [9.17, 15) is 9.59 Å². The van der Waals surface area contributed by atoms with Gasteiger partial charge in [-0.25, -0.2) is 14.8 Å². The quantitative estimate of drug-likeness (QED) is 0.615. The molecule has 4 heterocycles. The van der Waals surface area contributed by atoms with Crippen molar-refractivity contribution in [1.82, 2.24) is 15.3 Å². The molecule has 0 aromatic carbocycles. The molecule has 1 aliphatic rings. The standard InChI is InChI=1S/C21H24N4O3S2/c1-11-5-6-15(29-11)19(26)24-14-7-9-25(10-8-14)18-16-12(2)17(21(27)28-4)30-20(16)23-13(3)22-18/h5-6,14H,7-10H2,1-4H3,(H,24,26). The molecule has 1 N–H and O–H groups in total. The smallest absolute Gasteiger partial charge is 0.348 e. The Kier molecular flexibility index (Phi) is 5.75. The van der Waals surface area contributed by atoms with E-state index in [-0.39, 0.29) is 17.9 Å². The van der Waals surface area contributed by atoms with Crippen LogP contribution in [0.15, 0.2) is 12.1 Å². The van der Waals surface area contributed by atoms with Crippen molar-refractivity contribution in [2.24, 2.45) is 0 Å². The van der Waals surface area contributed by atoms with E-state index in [0.717, 1.165) is 57.3 Å². The number of hydrogen-bond acceptors (Lipinski definition) is 8. The maximum absolute atomic E-state index is 12.5. The van der Waals surface area contributed by atoms with E-state index in [1.165, 1.54) is 29.8 Å². The number of thiophene rings is 2. The van der Waals surface area contributed by atoms with Crippen LogP contribution in [0.5, 0.6) is 0 Å². The summed E-state index contributed by atoms with van der Waals surface area (Å²) in [6.07, 6.45) is 1.68. The van der Waals surface area contributed by atoms with Crippen LogP contribution in [0.2, 0.25) is 0 Å². The van der Waals surface area contributed by atoms with Crippen LogP contribution in [-0.4, -0.2) is 48.1 Å². The van der Waals surface area contributed by atoms with Gasteiger partial charge in [-0.15, -0.1) is 22.7 Å². The number of nitrogens with one attached hydrogen (secondary N) is 1. The molecular formula is C21H24N4O3S2. The van der Waals surface area contributed by atoms with Gasteiger partial charge in [-0.05, 0) is 51.3 Å². The lowest BCUT2D eigenvalue weighted by molar-refractivity contribution is 0.0605. The summed E-state index contributed by atoms with van der Waals surface area (Å²) in [4.78, 5) is 39.3. The first-order valence-electron chi connectivity index (χ1n) is 9.85. The van der Waals surface area contributed by atoms with Gasteiger partial charge in [0.25, 0.3) is 5.91 Å².